The second-order valence-corrected chi connectivity index (χ2v) is 5.83. The minimum absolute atomic E-state index is 0.0240. The number of anilines is 1. The van der Waals surface area contributed by atoms with E-state index < -0.39 is 50.1 Å². The number of carbonyl (C=O) groups is 1. The minimum atomic E-state index is -1.15. The fraction of sp³-hybridized carbons (Fsp3) is 0. The zero-order chi connectivity index (χ0) is 22.5. The molecule has 1 amide bonds. The first kappa shape index (κ1) is 21.0. The summed E-state index contributed by atoms with van der Waals surface area (Å²) in [6, 6.07) is 7.63. The molecule has 0 aliphatic heterocycles. The molecular formula is C18H10F2N6O5. The number of non-ortho nitro benzene ring substituents is 2. The van der Waals surface area contributed by atoms with Gasteiger partial charge in [-0.05, 0) is 24.3 Å². The molecule has 2 aromatic carbocycles. The first-order chi connectivity index (χ1) is 14.8. The molecule has 11 nitrogen and oxygen atoms in total. The Kier molecular flexibility index (Phi) is 5.95. The maximum absolute atomic E-state index is 14.5. The third-order valence-corrected chi connectivity index (χ3v) is 3.87. The zero-order valence-corrected chi connectivity index (χ0v) is 15.3. The van der Waals surface area contributed by atoms with E-state index in [1.54, 1.807) is 0 Å². The fourth-order valence-corrected chi connectivity index (χ4v) is 2.38. The SMILES string of the molecule is O=C(c1ccncc1)N(N=Nc1ccc([N+](=O)[O-])cc1F)c1ccc([N+](=O)[O-])cc1F. The van der Waals surface area contributed by atoms with E-state index in [2.05, 4.69) is 15.3 Å². The van der Waals surface area contributed by atoms with Crippen molar-refractivity contribution >= 4 is 28.7 Å². The lowest BCUT2D eigenvalue weighted by atomic mass is 10.2. The van der Waals surface area contributed by atoms with Crippen LogP contribution in [0, 0.1) is 31.9 Å². The molecule has 0 unspecified atom stereocenters. The van der Waals surface area contributed by atoms with Crippen LogP contribution < -0.4 is 5.01 Å². The molecule has 0 bridgehead atoms. The van der Waals surface area contributed by atoms with E-state index in [9.17, 15) is 33.8 Å². The Morgan fingerprint density at radius 1 is 0.903 bits per heavy atom. The monoisotopic (exact) mass is 428 g/mol. The van der Waals surface area contributed by atoms with Crippen LogP contribution in [0.1, 0.15) is 10.4 Å². The average Bonchev–Trinajstić information content (AvgIpc) is 2.75. The summed E-state index contributed by atoms with van der Waals surface area (Å²) >= 11 is 0. The van der Waals surface area contributed by atoms with Crippen LogP contribution in [0.5, 0.6) is 0 Å². The van der Waals surface area contributed by atoms with Crippen molar-refractivity contribution in [3.05, 3.63) is 98.4 Å². The van der Waals surface area contributed by atoms with Gasteiger partial charge in [0, 0.05) is 30.1 Å². The molecule has 0 radical (unpaired) electrons. The van der Waals surface area contributed by atoms with Gasteiger partial charge in [-0.15, -0.1) is 5.11 Å². The predicted molar refractivity (Wildman–Crippen MR) is 102 cm³/mol. The Bertz CT molecular complexity index is 1210. The summed E-state index contributed by atoms with van der Waals surface area (Å²) in [6.45, 7) is 0. The van der Waals surface area contributed by atoms with Gasteiger partial charge in [0.15, 0.2) is 11.6 Å². The molecule has 0 saturated carbocycles. The van der Waals surface area contributed by atoms with Crippen LogP contribution in [0.25, 0.3) is 0 Å². The van der Waals surface area contributed by atoms with Crippen LogP contribution >= 0.6 is 0 Å². The number of nitro groups is 2. The lowest BCUT2D eigenvalue weighted by molar-refractivity contribution is -0.385. The molecule has 13 heteroatoms. The van der Waals surface area contributed by atoms with E-state index in [0.29, 0.717) is 17.1 Å². The molecule has 1 aromatic heterocycles. The molecule has 156 valence electrons. The van der Waals surface area contributed by atoms with Crippen LogP contribution in [-0.4, -0.2) is 20.7 Å². The van der Waals surface area contributed by atoms with Crippen LogP contribution in [0.15, 0.2) is 71.3 Å². The molecule has 0 spiro atoms. The van der Waals surface area contributed by atoms with Gasteiger partial charge in [-0.25, -0.2) is 8.78 Å². The summed E-state index contributed by atoms with van der Waals surface area (Å²) in [5.74, 6) is -3.14. The van der Waals surface area contributed by atoms with Crippen molar-refractivity contribution in [3.63, 3.8) is 0 Å². The predicted octanol–water partition coefficient (Wildman–Crippen LogP) is 4.52. The lowest BCUT2D eigenvalue weighted by Gasteiger charge is -2.16. The molecular weight excluding hydrogens is 418 g/mol. The third-order valence-electron chi connectivity index (χ3n) is 3.87. The van der Waals surface area contributed by atoms with E-state index in [-0.39, 0.29) is 5.56 Å². The standard InChI is InChI=1S/C18H10F2N6O5/c19-14-9-12(25(28)29)1-3-16(14)22-23-24(18(27)11-5-7-21-8-6-11)17-4-2-13(26(30)31)10-15(17)20/h1-10H. The van der Waals surface area contributed by atoms with Crippen molar-refractivity contribution in [2.45, 2.75) is 0 Å². The Morgan fingerprint density at radius 2 is 1.48 bits per heavy atom. The molecule has 0 N–H and O–H groups in total. The van der Waals surface area contributed by atoms with Gasteiger partial charge in [0.05, 0.1) is 22.0 Å². The molecule has 31 heavy (non-hydrogen) atoms. The molecule has 0 saturated heterocycles. The largest absolute Gasteiger partial charge is 0.280 e. The van der Waals surface area contributed by atoms with Gasteiger partial charge < -0.3 is 0 Å². The Labute approximate surface area is 171 Å². The number of halogens is 2. The summed E-state index contributed by atoms with van der Waals surface area (Å²) in [6.07, 6.45) is 2.59. The average molecular weight is 428 g/mol. The van der Waals surface area contributed by atoms with E-state index in [4.69, 9.17) is 0 Å². The summed E-state index contributed by atoms with van der Waals surface area (Å²) < 4.78 is 28.6. The van der Waals surface area contributed by atoms with Crippen LogP contribution in [0.2, 0.25) is 0 Å². The van der Waals surface area contributed by atoms with Crippen LogP contribution in [0.4, 0.5) is 31.5 Å². The van der Waals surface area contributed by atoms with E-state index in [1.165, 1.54) is 24.5 Å². The number of benzene rings is 2. The highest BCUT2D eigenvalue weighted by Gasteiger charge is 2.23. The van der Waals surface area contributed by atoms with Crippen molar-refractivity contribution in [1.29, 1.82) is 0 Å². The van der Waals surface area contributed by atoms with Gasteiger partial charge in [-0.3, -0.25) is 30.0 Å². The highest BCUT2D eigenvalue weighted by atomic mass is 19.1. The van der Waals surface area contributed by atoms with Gasteiger partial charge in [0.25, 0.3) is 17.3 Å². The van der Waals surface area contributed by atoms with E-state index in [0.717, 1.165) is 24.3 Å². The Balaban J connectivity index is 2.05. The molecule has 1 heterocycles. The number of hydrogen-bond donors (Lipinski definition) is 0. The van der Waals surface area contributed by atoms with E-state index in [1.807, 2.05) is 0 Å². The number of aromatic nitrogens is 1. The third kappa shape index (κ3) is 4.67. The van der Waals surface area contributed by atoms with Crippen molar-refractivity contribution < 1.29 is 23.4 Å². The lowest BCUT2D eigenvalue weighted by Crippen LogP contribution is -2.26. The summed E-state index contributed by atoms with van der Waals surface area (Å²) in [4.78, 5) is 36.5. The number of hydrogen-bond acceptors (Lipinski definition) is 8. The Hall–Kier alpha value is -4.68. The molecule has 0 fully saturated rings. The summed E-state index contributed by atoms with van der Waals surface area (Å²) in [5.41, 5.74) is -2.01. The second kappa shape index (κ2) is 8.77. The van der Waals surface area contributed by atoms with Gasteiger partial charge in [-0.1, -0.05) is 5.22 Å². The van der Waals surface area contributed by atoms with Gasteiger partial charge >= 0.3 is 0 Å². The second-order valence-electron chi connectivity index (χ2n) is 5.83. The van der Waals surface area contributed by atoms with E-state index >= 15 is 0 Å². The number of amides is 1. The molecule has 0 atom stereocenters. The fourth-order valence-electron chi connectivity index (χ4n) is 2.38. The number of carbonyl (C=O) groups excluding carboxylic acids is 1. The molecule has 0 aliphatic carbocycles. The van der Waals surface area contributed by atoms with Gasteiger partial charge in [-0.2, -0.15) is 5.01 Å². The summed E-state index contributed by atoms with van der Waals surface area (Å²) in [5, 5.41) is 29.2. The topological polar surface area (TPSA) is 144 Å². The molecule has 3 rings (SSSR count). The van der Waals surface area contributed by atoms with Gasteiger partial charge in [0.2, 0.25) is 0 Å². The normalized spacial score (nSPS) is 10.8. The highest BCUT2D eigenvalue weighted by molar-refractivity contribution is 6.05. The quantitative estimate of drug-likeness (QED) is 0.321. The van der Waals surface area contributed by atoms with Crippen LogP contribution in [0.3, 0.4) is 0 Å². The number of nitro benzene ring substituents is 2. The van der Waals surface area contributed by atoms with Crippen LogP contribution in [-0.2, 0) is 0 Å². The number of rotatable bonds is 6. The zero-order valence-electron chi connectivity index (χ0n) is 15.3. The van der Waals surface area contributed by atoms with Crippen molar-refractivity contribution in [2.75, 3.05) is 5.01 Å². The first-order valence-electron chi connectivity index (χ1n) is 8.32. The highest BCUT2D eigenvalue weighted by Crippen LogP contribution is 2.28. The number of pyridine rings is 1. The van der Waals surface area contributed by atoms with Crippen molar-refractivity contribution in [1.82, 2.24) is 4.98 Å². The smallest absolute Gasteiger partial charge is 0.267 e. The summed E-state index contributed by atoms with van der Waals surface area (Å²) in [7, 11) is 0. The minimum Gasteiger partial charge on any atom is -0.267 e. The van der Waals surface area contributed by atoms with Gasteiger partial charge in [0.1, 0.15) is 11.4 Å². The molecule has 0 aliphatic rings. The molecule has 3 aromatic rings. The Morgan fingerprint density at radius 3 is 2.03 bits per heavy atom. The maximum atomic E-state index is 14.5. The number of nitrogens with zero attached hydrogens (tertiary/aromatic N) is 6. The maximum Gasteiger partial charge on any atom is 0.280 e. The van der Waals surface area contributed by atoms with Crippen molar-refractivity contribution in [2.24, 2.45) is 10.3 Å². The van der Waals surface area contributed by atoms with Crippen molar-refractivity contribution in [3.8, 4) is 0 Å². The first-order valence-corrected chi connectivity index (χ1v) is 8.32.